The van der Waals surface area contributed by atoms with Crippen LogP contribution in [0, 0.1) is 0 Å². The molecule has 2 unspecified atom stereocenters. The Labute approximate surface area is 133 Å². The van der Waals surface area contributed by atoms with Crippen LogP contribution in [0.5, 0.6) is 0 Å². The minimum absolute atomic E-state index is 0.267. The highest BCUT2D eigenvalue weighted by molar-refractivity contribution is 8.14. The van der Waals surface area contributed by atoms with E-state index in [1.807, 2.05) is 11.0 Å². The van der Waals surface area contributed by atoms with E-state index in [2.05, 4.69) is 4.99 Å². The average molecular weight is 319 g/mol. The van der Waals surface area contributed by atoms with E-state index in [1.54, 1.807) is 43.3 Å². The van der Waals surface area contributed by atoms with Crippen molar-refractivity contribution in [2.75, 3.05) is 26.4 Å². The minimum Gasteiger partial charge on any atom is -0.436 e. The number of hydrogen-bond acceptors (Lipinski definition) is 6. The first-order valence-corrected chi connectivity index (χ1v) is 8.01. The average Bonchev–Trinajstić information content (AvgIpc) is 2.95. The van der Waals surface area contributed by atoms with Crippen molar-refractivity contribution in [2.24, 2.45) is 4.99 Å². The summed E-state index contributed by atoms with van der Waals surface area (Å²) in [5.74, 6) is 0.144. The van der Waals surface area contributed by atoms with Gasteiger partial charge in [-0.25, -0.2) is 4.79 Å². The number of carbonyl (C=O) groups is 2. The zero-order chi connectivity index (χ0) is 15.7. The van der Waals surface area contributed by atoms with Crippen molar-refractivity contribution in [1.82, 2.24) is 9.80 Å². The molecule has 2 heterocycles. The number of amides is 1. The van der Waals surface area contributed by atoms with Crippen molar-refractivity contribution in [3.05, 3.63) is 35.9 Å². The Kier molecular flexibility index (Phi) is 4.17. The second-order valence-electron chi connectivity index (χ2n) is 5.34. The van der Waals surface area contributed by atoms with Crippen molar-refractivity contribution < 1.29 is 14.3 Å². The van der Waals surface area contributed by atoms with E-state index in [4.69, 9.17) is 4.74 Å². The highest BCUT2D eigenvalue weighted by Crippen LogP contribution is 2.29. The van der Waals surface area contributed by atoms with E-state index in [-0.39, 0.29) is 5.91 Å². The van der Waals surface area contributed by atoms with E-state index < -0.39 is 18.2 Å². The van der Waals surface area contributed by atoms with Gasteiger partial charge in [0.2, 0.25) is 6.23 Å². The van der Waals surface area contributed by atoms with Crippen LogP contribution in [0.4, 0.5) is 0 Å². The molecular weight excluding hydrogens is 302 g/mol. The number of nitrogens with zero attached hydrogens (tertiary/aromatic N) is 3. The molecule has 0 aromatic heterocycles. The summed E-state index contributed by atoms with van der Waals surface area (Å²) in [4.78, 5) is 32.4. The Morgan fingerprint density at radius 2 is 2.09 bits per heavy atom. The summed E-state index contributed by atoms with van der Waals surface area (Å²) >= 11 is 1.52. The predicted molar refractivity (Wildman–Crippen MR) is 84.7 cm³/mol. The lowest BCUT2D eigenvalue weighted by molar-refractivity contribution is -0.132. The molecule has 0 radical (unpaired) electrons. The molecule has 1 aromatic rings. The normalized spacial score (nSPS) is 24.2. The summed E-state index contributed by atoms with van der Waals surface area (Å²) < 4.78 is 5.67. The summed E-state index contributed by atoms with van der Waals surface area (Å²) in [6, 6.07) is 8.22. The number of hydrogen-bond donors (Lipinski definition) is 0. The van der Waals surface area contributed by atoms with Gasteiger partial charge >= 0.3 is 5.97 Å². The van der Waals surface area contributed by atoms with Crippen LogP contribution in [0.25, 0.3) is 0 Å². The zero-order valence-electron chi connectivity index (χ0n) is 12.4. The van der Waals surface area contributed by atoms with Crippen molar-refractivity contribution in [2.45, 2.75) is 12.3 Å². The molecule has 2 aliphatic heterocycles. The van der Waals surface area contributed by atoms with Crippen LogP contribution in [0.1, 0.15) is 10.4 Å². The lowest BCUT2D eigenvalue weighted by atomic mass is 10.1. The molecule has 1 aromatic carbocycles. The highest BCUT2D eigenvalue weighted by atomic mass is 32.2. The quantitative estimate of drug-likeness (QED) is 0.776. The number of carbonyl (C=O) groups excluding carboxylic acids is 2. The number of rotatable bonds is 3. The highest BCUT2D eigenvalue weighted by Gasteiger charge is 2.44. The van der Waals surface area contributed by atoms with Gasteiger partial charge in [0.1, 0.15) is 6.04 Å². The summed E-state index contributed by atoms with van der Waals surface area (Å²) in [7, 11) is 3.57. The lowest BCUT2D eigenvalue weighted by Gasteiger charge is -2.38. The third kappa shape index (κ3) is 2.74. The largest absolute Gasteiger partial charge is 0.436 e. The number of likely N-dealkylation sites (N-methyl/N-ethyl adjacent to an activating group) is 1. The fourth-order valence-corrected chi connectivity index (χ4v) is 3.54. The summed E-state index contributed by atoms with van der Waals surface area (Å²) in [6.45, 7) is 0.716. The third-order valence-electron chi connectivity index (χ3n) is 3.64. The van der Waals surface area contributed by atoms with Gasteiger partial charge < -0.3 is 9.64 Å². The van der Waals surface area contributed by atoms with Crippen LogP contribution in [-0.2, 0) is 9.53 Å². The van der Waals surface area contributed by atoms with E-state index >= 15 is 0 Å². The Balaban J connectivity index is 1.87. The van der Waals surface area contributed by atoms with Gasteiger partial charge in [-0.05, 0) is 26.2 Å². The Bertz CT molecular complexity index is 618. The number of thioether (sulfide) groups is 1. The molecule has 1 amide bonds. The molecule has 2 aliphatic rings. The van der Waals surface area contributed by atoms with Crippen molar-refractivity contribution >= 4 is 28.8 Å². The van der Waals surface area contributed by atoms with Gasteiger partial charge in [0.25, 0.3) is 5.91 Å². The smallest absolute Gasteiger partial charge is 0.340 e. The molecular formula is C15H17N3O3S. The Morgan fingerprint density at radius 3 is 2.77 bits per heavy atom. The van der Waals surface area contributed by atoms with E-state index in [0.717, 1.165) is 5.75 Å². The second-order valence-corrected chi connectivity index (χ2v) is 6.41. The fourth-order valence-electron chi connectivity index (χ4n) is 2.56. The molecule has 0 saturated carbocycles. The van der Waals surface area contributed by atoms with Gasteiger partial charge in [-0.2, -0.15) is 4.99 Å². The Morgan fingerprint density at radius 1 is 1.36 bits per heavy atom. The molecule has 0 aliphatic carbocycles. The molecule has 0 spiro atoms. The van der Waals surface area contributed by atoms with Crippen LogP contribution < -0.4 is 0 Å². The maximum Gasteiger partial charge on any atom is 0.340 e. The molecule has 2 atom stereocenters. The predicted octanol–water partition coefficient (Wildman–Crippen LogP) is 1.04. The van der Waals surface area contributed by atoms with Gasteiger partial charge in [-0.1, -0.05) is 30.0 Å². The maximum atomic E-state index is 12.4. The van der Waals surface area contributed by atoms with Crippen LogP contribution >= 0.6 is 11.8 Å². The number of amidine groups is 1. The second kappa shape index (κ2) is 6.10. The molecule has 1 fully saturated rings. The summed E-state index contributed by atoms with van der Waals surface area (Å²) in [6.07, 6.45) is -0.641. The summed E-state index contributed by atoms with van der Waals surface area (Å²) in [5.41, 5.74) is 0.475. The van der Waals surface area contributed by atoms with E-state index in [0.29, 0.717) is 17.3 Å². The SMILES string of the molecule is CN(C)C1C(=O)N=C2SCCN2C1OC(=O)c1ccccc1. The number of fused-ring (bicyclic) bond motifs is 1. The van der Waals surface area contributed by atoms with Crippen molar-refractivity contribution in [3.63, 3.8) is 0 Å². The molecule has 1 saturated heterocycles. The molecule has 116 valence electrons. The van der Waals surface area contributed by atoms with Crippen molar-refractivity contribution in [1.29, 1.82) is 0 Å². The van der Waals surface area contributed by atoms with Crippen LogP contribution in [0.15, 0.2) is 35.3 Å². The first-order chi connectivity index (χ1) is 10.6. The monoisotopic (exact) mass is 319 g/mol. The standard InChI is InChI=1S/C15H17N3O3S/c1-17(2)11-12(19)16-15-18(8-9-22-15)13(11)21-14(20)10-6-4-3-5-7-10/h3-7,11,13H,8-9H2,1-2H3. The molecule has 0 N–H and O–H groups in total. The number of benzene rings is 1. The molecule has 3 rings (SSSR count). The molecule has 0 bridgehead atoms. The number of esters is 1. The maximum absolute atomic E-state index is 12.4. The number of aliphatic imine (C=N–C) groups is 1. The molecule has 6 nitrogen and oxygen atoms in total. The summed E-state index contributed by atoms with van der Waals surface area (Å²) in [5, 5.41) is 0.647. The minimum atomic E-state index is -0.641. The van der Waals surface area contributed by atoms with Crippen LogP contribution in [0.3, 0.4) is 0 Å². The molecule has 22 heavy (non-hydrogen) atoms. The first-order valence-electron chi connectivity index (χ1n) is 7.02. The first kappa shape index (κ1) is 15.1. The van der Waals surface area contributed by atoms with Gasteiger partial charge in [-0.15, -0.1) is 0 Å². The zero-order valence-corrected chi connectivity index (χ0v) is 13.2. The van der Waals surface area contributed by atoms with E-state index in [9.17, 15) is 9.59 Å². The van der Waals surface area contributed by atoms with Gasteiger partial charge in [0, 0.05) is 12.3 Å². The topological polar surface area (TPSA) is 62.2 Å². The van der Waals surface area contributed by atoms with Gasteiger partial charge in [0.05, 0.1) is 5.56 Å². The third-order valence-corrected chi connectivity index (χ3v) is 4.61. The van der Waals surface area contributed by atoms with Crippen LogP contribution in [-0.4, -0.2) is 65.5 Å². The van der Waals surface area contributed by atoms with E-state index in [1.165, 1.54) is 11.8 Å². The van der Waals surface area contributed by atoms with Gasteiger partial charge in [-0.3, -0.25) is 9.69 Å². The fraction of sp³-hybridized carbons (Fsp3) is 0.400. The Hall–Kier alpha value is -1.86. The van der Waals surface area contributed by atoms with Crippen LogP contribution in [0.2, 0.25) is 0 Å². The van der Waals surface area contributed by atoms with Crippen molar-refractivity contribution in [3.8, 4) is 0 Å². The number of ether oxygens (including phenoxy) is 1. The van der Waals surface area contributed by atoms with Gasteiger partial charge in [0.15, 0.2) is 5.17 Å². The lowest BCUT2D eigenvalue weighted by Crippen LogP contribution is -2.58. The molecule has 7 heteroatoms.